The molecule has 2 aromatic rings. The largest absolute Gasteiger partial charge is 0.481 e. The van der Waals surface area contributed by atoms with E-state index in [-0.39, 0.29) is 19.6 Å². The van der Waals surface area contributed by atoms with Crippen molar-refractivity contribution in [2.75, 3.05) is 12.7 Å². The molecule has 3 rings (SSSR count). The Balaban J connectivity index is 1.59. The quantitative estimate of drug-likeness (QED) is 0.220. The molecule has 0 aromatic heterocycles. The van der Waals surface area contributed by atoms with Crippen LogP contribution in [-0.2, 0) is 20.7 Å². The molecule has 3 amide bonds. The number of amides is 3. The van der Waals surface area contributed by atoms with Gasteiger partial charge in [0.15, 0.2) is 0 Å². The number of imide groups is 1. The molecule has 0 radical (unpaired) electrons. The molecule has 1 heterocycles. The zero-order valence-electron chi connectivity index (χ0n) is 19.8. The van der Waals surface area contributed by atoms with E-state index in [4.69, 9.17) is 9.84 Å². The number of ether oxygens (including phenoxy) is 1. The van der Waals surface area contributed by atoms with Crippen LogP contribution in [-0.4, -0.2) is 57.3 Å². The molecule has 10 nitrogen and oxygen atoms in total. The number of carboxylic acid groups (broad SMARTS) is 1. The van der Waals surface area contributed by atoms with Gasteiger partial charge in [-0.3, -0.25) is 23.8 Å². The summed E-state index contributed by atoms with van der Waals surface area (Å²) in [6, 6.07) is 15.4. The van der Waals surface area contributed by atoms with E-state index >= 15 is 0 Å². The van der Waals surface area contributed by atoms with E-state index in [0.29, 0.717) is 24.0 Å². The molecule has 2 aromatic carbocycles. The summed E-state index contributed by atoms with van der Waals surface area (Å²) in [4.78, 5) is 60.4. The first-order valence-electron chi connectivity index (χ1n) is 11.6. The van der Waals surface area contributed by atoms with E-state index in [0.717, 1.165) is 10.5 Å². The Morgan fingerprint density at radius 1 is 1.00 bits per heavy atom. The van der Waals surface area contributed by atoms with Crippen LogP contribution in [0.4, 0.5) is 4.79 Å². The summed E-state index contributed by atoms with van der Waals surface area (Å²) >= 11 is 0. The highest BCUT2D eigenvalue weighted by Gasteiger charge is 2.37. The van der Waals surface area contributed by atoms with Crippen LogP contribution in [0.2, 0.25) is 0 Å². The molecule has 0 fully saturated rings. The molecule has 1 aliphatic heterocycles. The third-order valence-electron chi connectivity index (χ3n) is 5.93. The van der Waals surface area contributed by atoms with Crippen molar-refractivity contribution >= 4 is 31.2 Å². The van der Waals surface area contributed by atoms with Crippen LogP contribution in [0.15, 0.2) is 54.6 Å². The number of benzene rings is 2. The molecule has 0 bridgehead atoms. The number of carboxylic acids is 1. The van der Waals surface area contributed by atoms with Gasteiger partial charge in [-0.25, -0.2) is 4.79 Å². The van der Waals surface area contributed by atoms with Crippen molar-refractivity contribution in [2.24, 2.45) is 5.92 Å². The molecule has 192 valence electrons. The number of nitrogens with zero attached hydrogens (tertiary/aromatic N) is 1. The van der Waals surface area contributed by atoms with Crippen molar-refractivity contribution in [3.8, 4) is 0 Å². The van der Waals surface area contributed by atoms with Crippen molar-refractivity contribution < 1.29 is 38.5 Å². The van der Waals surface area contributed by atoms with Gasteiger partial charge >= 0.3 is 12.1 Å². The Morgan fingerprint density at radius 3 is 2.17 bits per heavy atom. The number of carbonyl (C=O) groups excluding carboxylic acids is 3. The van der Waals surface area contributed by atoms with Crippen LogP contribution in [0.25, 0.3) is 0 Å². The topological polar surface area (TPSA) is 150 Å². The highest BCUT2D eigenvalue weighted by molar-refractivity contribution is 7.58. The van der Waals surface area contributed by atoms with Crippen molar-refractivity contribution in [3.05, 3.63) is 71.3 Å². The van der Waals surface area contributed by atoms with Gasteiger partial charge in [-0.1, -0.05) is 49.4 Å². The third-order valence-corrected chi connectivity index (χ3v) is 8.36. The lowest BCUT2D eigenvalue weighted by molar-refractivity contribution is -0.140. The lowest BCUT2D eigenvalue weighted by Crippen LogP contribution is -2.37. The summed E-state index contributed by atoms with van der Waals surface area (Å²) in [6.07, 6.45) is -0.768. The molecule has 11 heteroatoms. The fraction of sp³-hybridized carbons (Fsp3) is 0.360. The van der Waals surface area contributed by atoms with E-state index < -0.39 is 49.1 Å². The van der Waals surface area contributed by atoms with Crippen LogP contribution in [0.3, 0.4) is 0 Å². The zero-order valence-corrected chi connectivity index (χ0v) is 20.7. The summed E-state index contributed by atoms with van der Waals surface area (Å²) < 4.78 is 18.2. The fourth-order valence-electron chi connectivity index (χ4n) is 3.92. The minimum Gasteiger partial charge on any atom is -0.481 e. The van der Waals surface area contributed by atoms with Crippen LogP contribution >= 0.6 is 7.37 Å². The maximum atomic E-state index is 13.0. The van der Waals surface area contributed by atoms with E-state index in [9.17, 15) is 28.6 Å². The van der Waals surface area contributed by atoms with Crippen LogP contribution in [0.1, 0.15) is 52.5 Å². The molecule has 3 unspecified atom stereocenters. The average Bonchev–Trinajstić information content (AvgIpc) is 3.09. The first-order chi connectivity index (χ1) is 17.1. The number of aliphatic carboxylic acids is 1. The lowest BCUT2D eigenvalue weighted by atomic mass is 10.1. The van der Waals surface area contributed by atoms with Crippen LogP contribution < -0.4 is 5.32 Å². The molecule has 3 N–H and O–H groups in total. The van der Waals surface area contributed by atoms with Gasteiger partial charge in [-0.05, 0) is 37.0 Å². The zero-order chi connectivity index (χ0) is 26.3. The van der Waals surface area contributed by atoms with E-state index in [1.807, 2.05) is 6.07 Å². The summed E-state index contributed by atoms with van der Waals surface area (Å²) in [5, 5.41) is 11.6. The summed E-state index contributed by atoms with van der Waals surface area (Å²) in [7, 11) is -4.14. The smallest absolute Gasteiger partial charge is 0.408 e. The Kier molecular flexibility index (Phi) is 9.01. The standard InChI is InChI=1S/C25H29N2O8P/c1-17(24(30)31)16-36(33,34)21(26-25(32)35-15-18-9-3-2-4-10-18)13-7-8-14-27-22(28)19-11-5-6-12-20(19)23(27)29/h2-6,9-12,17,21H,7-8,13-16H2,1H3,(H,26,32)(H,30,31)(H,33,34). The Hall–Kier alpha value is -3.49. The van der Waals surface area contributed by atoms with Gasteiger partial charge in [0.2, 0.25) is 7.37 Å². The van der Waals surface area contributed by atoms with Gasteiger partial charge in [0.25, 0.3) is 11.8 Å². The second kappa shape index (κ2) is 12.0. The number of hydrogen-bond donors (Lipinski definition) is 3. The summed E-state index contributed by atoms with van der Waals surface area (Å²) in [6.45, 7) is 1.39. The van der Waals surface area contributed by atoms with Gasteiger partial charge in [0, 0.05) is 12.7 Å². The van der Waals surface area contributed by atoms with Crippen molar-refractivity contribution in [1.82, 2.24) is 10.2 Å². The molecule has 1 aliphatic rings. The number of fused-ring (bicyclic) bond motifs is 1. The Labute approximate surface area is 208 Å². The van der Waals surface area contributed by atoms with E-state index in [1.54, 1.807) is 48.5 Å². The number of hydrogen-bond acceptors (Lipinski definition) is 6. The van der Waals surface area contributed by atoms with Crippen molar-refractivity contribution in [3.63, 3.8) is 0 Å². The second-order valence-electron chi connectivity index (χ2n) is 8.70. The maximum absolute atomic E-state index is 13.0. The minimum absolute atomic E-state index is 0.0315. The highest BCUT2D eigenvalue weighted by Crippen LogP contribution is 2.48. The van der Waals surface area contributed by atoms with Gasteiger partial charge in [0.1, 0.15) is 12.4 Å². The maximum Gasteiger partial charge on any atom is 0.408 e. The van der Waals surface area contributed by atoms with Gasteiger partial charge < -0.3 is 20.1 Å². The molecule has 0 spiro atoms. The molecule has 0 saturated heterocycles. The van der Waals surface area contributed by atoms with Gasteiger partial charge in [-0.15, -0.1) is 0 Å². The van der Waals surface area contributed by atoms with Crippen LogP contribution in [0, 0.1) is 5.92 Å². The number of nitrogens with one attached hydrogen (secondary N) is 1. The van der Waals surface area contributed by atoms with Gasteiger partial charge in [0.05, 0.1) is 17.0 Å². The number of rotatable bonds is 12. The summed E-state index contributed by atoms with van der Waals surface area (Å²) in [5.74, 6) is -4.34. The second-order valence-corrected chi connectivity index (χ2v) is 11.2. The van der Waals surface area contributed by atoms with E-state index in [2.05, 4.69) is 5.32 Å². The number of alkyl carbamates (subject to hydrolysis) is 1. The third kappa shape index (κ3) is 6.80. The first-order valence-corrected chi connectivity index (χ1v) is 13.5. The minimum atomic E-state index is -4.14. The number of carbonyl (C=O) groups is 4. The summed E-state index contributed by atoms with van der Waals surface area (Å²) in [5.41, 5.74) is 1.41. The fourth-order valence-corrected chi connectivity index (χ4v) is 6.01. The molecular weight excluding hydrogens is 487 g/mol. The van der Waals surface area contributed by atoms with Gasteiger partial charge in [-0.2, -0.15) is 0 Å². The Morgan fingerprint density at radius 2 is 1.58 bits per heavy atom. The lowest BCUT2D eigenvalue weighted by Gasteiger charge is -2.25. The molecule has 3 atom stereocenters. The number of unbranched alkanes of at least 4 members (excludes halogenated alkanes) is 1. The monoisotopic (exact) mass is 516 g/mol. The molecule has 0 saturated carbocycles. The van der Waals surface area contributed by atoms with Crippen molar-refractivity contribution in [1.29, 1.82) is 0 Å². The highest BCUT2D eigenvalue weighted by atomic mass is 31.2. The van der Waals surface area contributed by atoms with E-state index in [1.165, 1.54) is 6.92 Å². The first kappa shape index (κ1) is 27.1. The van der Waals surface area contributed by atoms with Crippen molar-refractivity contribution in [2.45, 2.75) is 38.6 Å². The SMILES string of the molecule is CC(CP(=O)(O)C(CCCCN1C(=O)c2ccccc2C1=O)NC(=O)OCc1ccccc1)C(=O)O. The Bertz CT molecular complexity index is 1130. The average molecular weight is 516 g/mol. The predicted octanol–water partition coefficient (Wildman–Crippen LogP) is 3.70. The molecule has 36 heavy (non-hydrogen) atoms. The normalized spacial score (nSPS) is 16.1. The molecular formula is C25H29N2O8P. The predicted molar refractivity (Wildman–Crippen MR) is 131 cm³/mol. The van der Waals surface area contributed by atoms with Crippen LogP contribution in [0.5, 0.6) is 0 Å². The molecule has 0 aliphatic carbocycles.